The van der Waals surface area contributed by atoms with Crippen molar-refractivity contribution < 1.29 is 5.11 Å². The van der Waals surface area contributed by atoms with E-state index in [4.69, 9.17) is 0 Å². The molecular weight excluding hydrogens is 336 g/mol. The zero-order valence-corrected chi connectivity index (χ0v) is 11.8. The predicted octanol–water partition coefficient (Wildman–Crippen LogP) is 2.53. The molecule has 1 saturated heterocycles. The monoisotopic (exact) mass is 346 g/mol. The minimum atomic E-state index is -0.200. The van der Waals surface area contributed by atoms with Crippen molar-refractivity contribution in [3.05, 3.63) is 26.6 Å². The van der Waals surface area contributed by atoms with Crippen LogP contribution in [-0.2, 0) is 6.54 Å². The van der Waals surface area contributed by atoms with Gasteiger partial charge in [-0.1, -0.05) is 15.9 Å². The maximum Gasteiger partial charge on any atom is 0.0822 e. The van der Waals surface area contributed by atoms with Crippen LogP contribution in [0.1, 0.15) is 12.0 Å². The molecule has 0 saturated carbocycles. The maximum absolute atomic E-state index is 9.66. The molecule has 86 valence electrons. The summed E-state index contributed by atoms with van der Waals surface area (Å²) in [5, 5.41) is 13.1. The van der Waals surface area contributed by atoms with Gasteiger partial charge in [0.15, 0.2) is 0 Å². The maximum atomic E-state index is 9.66. The summed E-state index contributed by atoms with van der Waals surface area (Å²) in [5.74, 6) is 0. The summed E-state index contributed by atoms with van der Waals surface area (Å²) < 4.78 is 2.16. The summed E-state index contributed by atoms with van der Waals surface area (Å²) in [6.45, 7) is 1.67. The van der Waals surface area contributed by atoms with E-state index >= 15 is 0 Å². The van der Waals surface area contributed by atoms with Gasteiger partial charge in [-0.2, -0.15) is 0 Å². The van der Waals surface area contributed by atoms with Crippen LogP contribution in [-0.4, -0.2) is 28.8 Å². The second-order valence-corrected chi connectivity index (χ2v) is 6.17. The largest absolute Gasteiger partial charge is 0.392 e. The van der Waals surface area contributed by atoms with Crippen LogP contribution in [0.25, 0.3) is 0 Å². The molecule has 0 aliphatic carbocycles. The molecule has 2 atom stereocenters. The fourth-order valence-electron chi connectivity index (χ4n) is 2.50. The molecule has 16 heavy (non-hydrogen) atoms. The number of nitrogens with one attached hydrogen (secondary N) is 1. The molecule has 1 aromatic carbocycles. The normalized spacial score (nSPS) is 28.4. The highest BCUT2D eigenvalue weighted by atomic mass is 79.9. The highest BCUT2D eigenvalue weighted by Crippen LogP contribution is 2.37. The van der Waals surface area contributed by atoms with Crippen molar-refractivity contribution in [1.82, 2.24) is 4.90 Å². The molecule has 3 nitrogen and oxygen atoms in total. The van der Waals surface area contributed by atoms with E-state index in [0.29, 0.717) is 0 Å². The Balaban J connectivity index is 1.98. The van der Waals surface area contributed by atoms with E-state index in [2.05, 4.69) is 48.1 Å². The number of anilines is 1. The van der Waals surface area contributed by atoms with Gasteiger partial charge in [-0.25, -0.2) is 0 Å². The molecule has 0 spiro atoms. The first kappa shape index (κ1) is 11.0. The van der Waals surface area contributed by atoms with Crippen molar-refractivity contribution in [2.24, 2.45) is 0 Å². The van der Waals surface area contributed by atoms with Crippen LogP contribution >= 0.6 is 31.9 Å². The number of nitrogens with zero attached hydrogens (tertiary/aromatic N) is 1. The van der Waals surface area contributed by atoms with Crippen molar-refractivity contribution in [3.63, 3.8) is 0 Å². The number of hydrogen-bond donors (Lipinski definition) is 2. The third-order valence-electron chi connectivity index (χ3n) is 3.20. The van der Waals surface area contributed by atoms with E-state index in [0.717, 1.165) is 28.5 Å². The van der Waals surface area contributed by atoms with Gasteiger partial charge in [-0.05, 0) is 33.6 Å². The van der Waals surface area contributed by atoms with Crippen molar-refractivity contribution in [3.8, 4) is 0 Å². The summed E-state index contributed by atoms with van der Waals surface area (Å²) in [7, 11) is 0. The summed E-state index contributed by atoms with van der Waals surface area (Å²) in [5.41, 5.74) is 2.44. The summed E-state index contributed by atoms with van der Waals surface area (Å²) in [4.78, 5) is 2.28. The number of benzene rings is 1. The Kier molecular flexibility index (Phi) is 2.74. The average Bonchev–Trinajstić information content (AvgIpc) is 2.54. The first-order valence-corrected chi connectivity index (χ1v) is 6.88. The van der Waals surface area contributed by atoms with Gasteiger partial charge < -0.3 is 10.4 Å². The first-order valence-electron chi connectivity index (χ1n) is 5.30. The third-order valence-corrected chi connectivity index (χ3v) is 4.29. The van der Waals surface area contributed by atoms with Gasteiger partial charge in [0.25, 0.3) is 0 Å². The smallest absolute Gasteiger partial charge is 0.0822 e. The number of halogens is 2. The van der Waals surface area contributed by atoms with Crippen LogP contribution in [0.3, 0.4) is 0 Å². The zero-order valence-electron chi connectivity index (χ0n) is 8.58. The van der Waals surface area contributed by atoms with Crippen molar-refractivity contribution in [2.45, 2.75) is 25.2 Å². The molecule has 0 aromatic heterocycles. The van der Waals surface area contributed by atoms with E-state index < -0.39 is 0 Å². The molecule has 0 amide bonds. The number of rotatable bonds is 0. The van der Waals surface area contributed by atoms with Gasteiger partial charge in [-0.15, -0.1) is 0 Å². The molecule has 2 aliphatic heterocycles. The minimum absolute atomic E-state index is 0.200. The van der Waals surface area contributed by atoms with Gasteiger partial charge in [-0.3, -0.25) is 4.90 Å². The highest BCUT2D eigenvalue weighted by molar-refractivity contribution is 9.11. The summed E-state index contributed by atoms with van der Waals surface area (Å²) in [6, 6.07) is 4.18. The second-order valence-electron chi connectivity index (χ2n) is 4.40. The molecular formula is C11H12Br2N2O. The van der Waals surface area contributed by atoms with Crippen molar-refractivity contribution in [2.75, 3.05) is 11.9 Å². The van der Waals surface area contributed by atoms with E-state index in [9.17, 15) is 5.11 Å². The van der Waals surface area contributed by atoms with Crippen LogP contribution in [0.4, 0.5) is 5.69 Å². The lowest BCUT2D eigenvalue weighted by Crippen LogP contribution is -2.39. The topological polar surface area (TPSA) is 35.5 Å². The predicted molar refractivity (Wildman–Crippen MR) is 70.3 cm³/mol. The molecule has 1 fully saturated rings. The van der Waals surface area contributed by atoms with Gasteiger partial charge in [0, 0.05) is 28.5 Å². The Bertz CT molecular complexity index is 438. The fourth-order valence-corrected chi connectivity index (χ4v) is 3.93. The molecule has 2 aliphatic rings. The Morgan fingerprint density at radius 1 is 1.38 bits per heavy atom. The molecule has 1 aromatic rings. The van der Waals surface area contributed by atoms with Gasteiger partial charge in [0.2, 0.25) is 0 Å². The van der Waals surface area contributed by atoms with Crippen LogP contribution < -0.4 is 5.32 Å². The van der Waals surface area contributed by atoms with Gasteiger partial charge in [0.1, 0.15) is 0 Å². The van der Waals surface area contributed by atoms with E-state index in [-0.39, 0.29) is 12.3 Å². The van der Waals surface area contributed by atoms with Crippen LogP contribution in [0.15, 0.2) is 21.1 Å². The van der Waals surface area contributed by atoms with Crippen LogP contribution in [0.2, 0.25) is 0 Å². The number of aliphatic hydroxyl groups is 1. The van der Waals surface area contributed by atoms with Crippen molar-refractivity contribution in [1.29, 1.82) is 0 Å². The molecule has 3 rings (SSSR count). The third kappa shape index (κ3) is 1.79. The van der Waals surface area contributed by atoms with Crippen LogP contribution in [0, 0.1) is 0 Å². The minimum Gasteiger partial charge on any atom is -0.392 e. The standard InChI is InChI=1S/C11H12Br2N2O/c12-7-1-6-4-15-5-8(16)3-10(15)14-11(6)9(13)2-7/h1-2,8,10,14,16H,3-5H2/t8-,10?/m1/s1. The molecule has 0 bridgehead atoms. The lowest BCUT2D eigenvalue weighted by molar-refractivity contribution is 0.172. The molecule has 1 unspecified atom stereocenters. The Labute approximate surface area is 111 Å². The van der Waals surface area contributed by atoms with Crippen LogP contribution in [0.5, 0.6) is 0 Å². The number of hydrogen-bond acceptors (Lipinski definition) is 3. The van der Waals surface area contributed by atoms with E-state index in [1.807, 2.05) is 6.07 Å². The van der Waals surface area contributed by atoms with Gasteiger partial charge in [0.05, 0.1) is 18.0 Å². The summed E-state index contributed by atoms with van der Waals surface area (Å²) in [6.07, 6.45) is 0.885. The quantitative estimate of drug-likeness (QED) is 0.757. The second kappa shape index (κ2) is 3.98. The lowest BCUT2D eigenvalue weighted by atomic mass is 10.1. The first-order chi connectivity index (χ1) is 7.63. The molecule has 0 radical (unpaired) electrons. The average molecular weight is 348 g/mol. The Hall–Kier alpha value is -0.100. The SMILES string of the molecule is O[C@@H]1CC2Nc3c(Br)cc(Br)cc3CN2C1. The van der Waals surface area contributed by atoms with Crippen molar-refractivity contribution >= 4 is 37.5 Å². The summed E-state index contributed by atoms with van der Waals surface area (Å²) >= 11 is 7.07. The molecule has 2 heterocycles. The van der Waals surface area contributed by atoms with Gasteiger partial charge >= 0.3 is 0 Å². The number of fused-ring (bicyclic) bond motifs is 2. The van der Waals surface area contributed by atoms with E-state index in [1.165, 1.54) is 11.3 Å². The highest BCUT2D eigenvalue weighted by Gasteiger charge is 2.35. The lowest BCUT2D eigenvalue weighted by Gasteiger charge is -2.33. The fraction of sp³-hybridized carbons (Fsp3) is 0.455. The number of aliphatic hydroxyl groups excluding tert-OH is 1. The molecule has 5 heteroatoms. The molecule has 2 N–H and O–H groups in total. The zero-order chi connectivity index (χ0) is 11.3. The Morgan fingerprint density at radius 3 is 3.00 bits per heavy atom. The van der Waals surface area contributed by atoms with E-state index in [1.54, 1.807) is 0 Å². The Morgan fingerprint density at radius 2 is 2.19 bits per heavy atom.